The van der Waals surface area contributed by atoms with Crippen LogP contribution in [0.1, 0.15) is 11.9 Å². The summed E-state index contributed by atoms with van der Waals surface area (Å²) in [5, 5.41) is 0. The number of rotatable bonds is 7. The molecule has 6 nitrogen and oxygen atoms in total. The number of nitrogens with zero attached hydrogens (tertiary/aromatic N) is 1. The van der Waals surface area contributed by atoms with Crippen molar-refractivity contribution in [2.24, 2.45) is 0 Å². The Kier molecular flexibility index (Phi) is 6.25. The lowest BCUT2D eigenvalue weighted by molar-refractivity contribution is -0.106. The fourth-order valence-corrected chi connectivity index (χ4v) is 2.32. The highest BCUT2D eigenvalue weighted by atomic mass is 16.7. The number of hydrogen-bond acceptors (Lipinski definition) is 6. The molecule has 0 bridgehead atoms. The van der Waals surface area contributed by atoms with Gasteiger partial charge in [-0.3, -0.25) is 4.90 Å². The van der Waals surface area contributed by atoms with Gasteiger partial charge in [-0.05, 0) is 12.1 Å². The maximum atomic E-state index is 6.02. The maximum absolute atomic E-state index is 6.02. The van der Waals surface area contributed by atoms with Gasteiger partial charge in [-0.25, -0.2) is 0 Å². The summed E-state index contributed by atoms with van der Waals surface area (Å²) in [7, 11) is 3.19. The number of morpholine rings is 1. The van der Waals surface area contributed by atoms with Gasteiger partial charge in [0.15, 0.2) is 6.29 Å². The van der Waals surface area contributed by atoms with Gasteiger partial charge in [0.05, 0.1) is 18.9 Å². The van der Waals surface area contributed by atoms with Crippen LogP contribution in [0.25, 0.3) is 0 Å². The third-order valence-electron chi connectivity index (χ3n) is 3.50. The van der Waals surface area contributed by atoms with Crippen LogP contribution in [0.3, 0.4) is 0 Å². The standard InChI is InChI=1S/C15H24N2O4/c1-18-15(19-2)12-3-4-14(13(16)11-12)21-10-7-17-5-8-20-9-6-17/h3-4,11,15H,5-10,16H2,1-2H3. The van der Waals surface area contributed by atoms with Crippen molar-refractivity contribution in [1.29, 1.82) is 0 Å². The first-order valence-corrected chi connectivity index (χ1v) is 7.12. The minimum Gasteiger partial charge on any atom is -0.490 e. The predicted molar refractivity (Wildman–Crippen MR) is 80.4 cm³/mol. The molecule has 2 rings (SSSR count). The highest BCUT2D eigenvalue weighted by Crippen LogP contribution is 2.27. The summed E-state index contributed by atoms with van der Waals surface area (Å²) < 4.78 is 21.5. The minimum absolute atomic E-state index is 0.408. The van der Waals surface area contributed by atoms with Crippen molar-refractivity contribution in [2.75, 3.05) is 59.4 Å². The van der Waals surface area contributed by atoms with Gasteiger partial charge in [0.25, 0.3) is 0 Å². The molecule has 0 unspecified atom stereocenters. The molecule has 1 aliphatic heterocycles. The van der Waals surface area contributed by atoms with Crippen LogP contribution in [-0.2, 0) is 14.2 Å². The average Bonchev–Trinajstić information content (AvgIpc) is 2.51. The molecule has 0 radical (unpaired) electrons. The molecule has 6 heteroatoms. The predicted octanol–water partition coefficient (Wildman–Crippen LogP) is 1.27. The van der Waals surface area contributed by atoms with E-state index in [1.165, 1.54) is 0 Å². The van der Waals surface area contributed by atoms with E-state index in [1.54, 1.807) is 14.2 Å². The number of hydrogen-bond donors (Lipinski definition) is 1. The van der Waals surface area contributed by atoms with Crippen molar-refractivity contribution in [3.8, 4) is 5.75 Å². The number of nitrogen functional groups attached to an aromatic ring is 1. The monoisotopic (exact) mass is 296 g/mol. The van der Waals surface area contributed by atoms with Gasteiger partial charge in [0.1, 0.15) is 12.4 Å². The lowest BCUT2D eigenvalue weighted by Crippen LogP contribution is -2.38. The number of anilines is 1. The Morgan fingerprint density at radius 3 is 2.57 bits per heavy atom. The summed E-state index contributed by atoms with van der Waals surface area (Å²) in [5.74, 6) is 0.693. The largest absolute Gasteiger partial charge is 0.490 e. The fourth-order valence-electron chi connectivity index (χ4n) is 2.32. The fraction of sp³-hybridized carbons (Fsp3) is 0.600. The molecule has 0 aliphatic carbocycles. The Labute approximate surface area is 125 Å². The zero-order valence-electron chi connectivity index (χ0n) is 12.7. The van der Waals surface area contributed by atoms with Crippen LogP contribution in [0.5, 0.6) is 5.75 Å². The molecular formula is C15H24N2O4. The first-order valence-electron chi connectivity index (χ1n) is 7.12. The second kappa shape index (κ2) is 8.19. The second-order valence-electron chi connectivity index (χ2n) is 4.90. The average molecular weight is 296 g/mol. The molecule has 21 heavy (non-hydrogen) atoms. The van der Waals surface area contributed by atoms with E-state index in [1.807, 2.05) is 18.2 Å². The van der Waals surface area contributed by atoms with E-state index >= 15 is 0 Å². The number of methoxy groups -OCH3 is 2. The van der Waals surface area contributed by atoms with Crippen molar-refractivity contribution < 1.29 is 18.9 Å². The van der Waals surface area contributed by atoms with Crippen LogP contribution in [0.2, 0.25) is 0 Å². The van der Waals surface area contributed by atoms with Crippen molar-refractivity contribution in [2.45, 2.75) is 6.29 Å². The summed E-state index contributed by atoms with van der Waals surface area (Å²) in [5.41, 5.74) is 7.48. The van der Waals surface area contributed by atoms with Crippen molar-refractivity contribution in [3.63, 3.8) is 0 Å². The number of benzene rings is 1. The van der Waals surface area contributed by atoms with E-state index < -0.39 is 6.29 Å². The molecule has 0 spiro atoms. The Balaban J connectivity index is 1.85. The van der Waals surface area contributed by atoms with E-state index in [4.69, 9.17) is 24.7 Å². The van der Waals surface area contributed by atoms with Crippen LogP contribution in [0.4, 0.5) is 5.69 Å². The lowest BCUT2D eigenvalue weighted by atomic mass is 10.2. The molecule has 1 aromatic carbocycles. The number of ether oxygens (including phenoxy) is 4. The maximum Gasteiger partial charge on any atom is 0.183 e. The molecule has 1 saturated heterocycles. The molecule has 1 aliphatic rings. The van der Waals surface area contributed by atoms with Crippen LogP contribution >= 0.6 is 0 Å². The summed E-state index contributed by atoms with van der Waals surface area (Å²) in [4.78, 5) is 2.32. The summed E-state index contributed by atoms with van der Waals surface area (Å²) in [6.07, 6.45) is -0.408. The lowest BCUT2D eigenvalue weighted by Gasteiger charge is -2.26. The van der Waals surface area contributed by atoms with Crippen molar-refractivity contribution in [1.82, 2.24) is 4.90 Å². The van der Waals surface area contributed by atoms with Crippen LogP contribution < -0.4 is 10.5 Å². The molecule has 0 aromatic heterocycles. The van der Waals surface area contributed by atoms with Crippen LogP contribution in [0.15, 0.2) is 18.2 Å². The quantitative estimate of drug-likeness (QED) is 0.604. The molecule has 0 atom stereocenters. The molecule has 1 aromatic rings. The Hall–Kier alpha value is -1.34. The summed E-state index contributed by atoms with van der Waals surface area (Å²) in [6, 6.07) is 5.58. The normalized spacial score (nSPS) is 16.3. The van der Waals surface area contributed by atoms with Crippen molar-refractivity contribution in [3.05, 3.63) is 23.8 Å². The smallest absolute Gasteiger partial charge is 0.183 e. The molecular weight excluding hydrogens is 272 g/mol. The Morgan fingerprint density at radius 1 is 1.24 bits per heavy atom. The van der Waals surface area contributed by atoms with Crippen LogP contribution in [0, 0.1) is 0 Å². The van der Waals surface area contributed by atoms with Gasteiger partial charge in [-0.2, -0.15) is 0 Å². The van der Waals surface area contributed by atoms with E-state index in [0.717, 1.165) is 38.4 Å². The first kappa shape index (κ1) is 16.0. The molecule has 1 fully saturated rings. The highest BCUT2D eigenvalue weighted by molar-refractivity contribution is 5.54. The molecule has 0 saturated carbocycles. The molecule has 1 heterocycles. The third-order valence-corrected chi connectivity index (χ3v) is 3.50. The molecule has 0 amide bonds. The van der Waals surface area contributed by atoms with Gasteiger partial charge in [0.2, 0.25) is 0 Å². The third kappa shape index (κ3) is 4.57. The van der Waals surface area contributed by atoms with E-state index in [2.05, 4.69) is 4.90 Å². The molecule has 118 valence electrons. The summed E-state index contributed by atoms with van der Waals surface area (Å²) >= 11 is 0. The Bertz CT molecular complexity index is 432. The zero-order chi connectivity index (χ0) is 15.1. The first-order chi connectivity index (χ1) is 10.2. The van der Waals surface area contributed by atoms with Crippen LogP contribution in [-0.4, -0.2) is 58.6 Å². The number of nitrogens with two attached hydrogens (primary N) is 1. The topological polar surface area (TPSA) is 66.2 Å². The van der Waals surface area contributed by atoms with Gasteiger partial charge in [0, 0.05) is 39.4 Å². The van der Waals surface area contributed by atoms with Gasteiger partial charge < -0.3 is 24.7 Å². The van der Waals surface area contributed by atoms with E-state index in [9.17, 15) is 0 Å². The van der Waals surface area contributed by atoms with Crippen molar-refractivity contribution >= 4 is 5.69 Å². The SMILES string of the molecule is COC(OC)c1ccc(OCCN2CCOCC2)c(N)c1. The van der Waals surface area contributed by atoms with Gasteiger partial charge in [-0.15, -0.1) is 0 Å². The van der Waals surface area contributed by atoms with E-state index in [0.29, 0.717) is 18.0 Å². The van der Waals surface area contributed by atoms with Gasteiger partial charge >= 0.3 is 0 Å². The summed E-state index contributed by atoms with van der Waals surface area (Å²) in [6.45, 7) is 5.01. The van der Waals surface area contributed by atoms with E-state index in [-0.39, 0.29) is 0 Å². The molecule has 2 N–H and O–H groups in total. The highest BCUT2D eigenvalue weighted by Gasteiger charge is 2.12. The zero-order valence-corrected chi connectivity index (χ0v) is 12.7. The Morgan fingerprint density at radius 2 is 1.95 bits per heavy atom. The minimum atomic E-state index is -0.408. The second-order valence-corrected chi connectivity index (χ2v) is 4.90. The van der Waals surface area contributed by atoms with Gasteiger partial charge in [-0.1, -0.05) is 6.07 Å².